The Balaban J connectivity index is 2.37. The third-order valence-corrected chi connectivity index (χ3v) is 2.69. The molecule has 1 heterocycles. The Morgan fingerprint density at radius 3 is 2.71 bits per heavy atom. The highest BCUT2D eigenvalue weighted by molar-refractivity contribution is 5.53. The van der Waals surface area contributed by atoms with Gasteiger partial charge in [0.2, 0.25) is 0 Å². The standard InChI is InChI=1S/C14H16N2O/c1-17-14-10-13(8-5-9-15)16(11-14)12-6-3-2-4-7-12/h2-4,6-7,9-11,15H,5,8H2,1H3. The molecule has 1 aromatic carbocycles. The van der Waals surface area contributed by atoms with Crippen molar-refractivity contribution < 1.29 is 4.74 Å². The zero-order chi connectivity index (χ0) is 12.1. The van der Waals surface area contributed by atoms with Crippen LogP contribution >= 0.6 is 0 Å². The lowest BCUT2D eigenvalue weighted by Gasteiger charge is -2.07. The summed E-state index contributed by atoms with van der Waals surface area (Å²) in [7, 11) is 1.67. The largest absolute Gasteiger partial charge is 0.495 e. The fourth-order valence-electron chi connectivity index (χ4n) is 1.83. The van der Waals surface area contributed by atoms with Crippen molar-refractivity contribution in [2.75, 3.05) is 7.11 Å². The molecule has 1 N–H and O–H groups in total. The number of aryl methyl sites for hydroxylation is 1. The van der Waals surface area contributed by atoms with Crippen LogP contribution in [0, 0.1) is 5.41 Å². The molecule has 0 saturated heterocycles. The topological polar surface area (TPSA) is 38.0 Å². The fourth-order valence-corrected chi connectivity index (χ4v) is 1.83. The van der Waals surface area contributed by atoms with E-state index in [-0.39, 0.29) is 0 Å². The van der Waals surface area contributed by atoms with Crippen molar-refractivity contribution in [2.45, 2.75) is 12.8 Å². The Kier molecular flexibility index (Phi) is 3.60. The lowest BCUT2D eigenvalue weighted by Crippen LogP contribution is -1.98. The minimum Gasteiger partial charge on any atom is -0.495 e. The molecule has 0 unspecified atom stereocenters. The van der Waals surface area contributed by atoms with Crippen molar-refractivity contribution in [3.8, 4) is 11.4 Å². The number of hydrogen-bond donors (Lipinski definition) is 1. The molecule has 0 bridgehead atoms. The molecule has 0 aliphatic carbocycles. The first kappa shape index (κ1) is 11.5. The van der Waals surface area contributed by atoms with E-state index in [2.05, 4.69) is 16.7 Å². The van der Waals surface area contributed by atoms with Gasteiger partial charge in [0, 0.05) is 17.4 Å². The van der Waals surface area contributed by atoms with Crippen molar-refractivity contribution in [1.82, 2.24) is 4.57 Å². The van der Waals surface area contributed by atoms with Crippen molar-refractivity contribution in [1.29, 1.82) is 5.41 Å². The maximum Gasteiger partial charge on any atom is 0.137 e. The molecule has 0 saturated carbocycles. The van der Waals surface area contributed by atoms with E-state index in [1.54, 1.807) is 7.11 Å². The van der Waals surface area contributed by atoms with E-state index in [0.717, 1.165) is 30.0 Å². The molecule has 3 nitrogen and oxygen atoms in total. The van der Waals surface area contributed by atoms with Gasteiger partial charge in [0.05, 0.1) is 13.3 Å². The van der Waals surface area contributed by atoms with Gasteiger partial charge in [-0.05, 0) is 31.2 Å². The van der Waals surface area contributed by atoms with Gasteiger partial charge in [-0.1, -0.05) is 18.2 Å². The number of benzene rings is 1. The molecule has 0 spiro atoms. The summed E-state index contributed by atoms with van der Waals surface area (Å²) < 4.78 is 7.37. The third-order valence-electron chi connectivity index (χ3n) is 2.69. The van der Waals surface area contributed by atoms with Gasteiger partial charge < -0.3 is 14.7 Å². The van der Waals surface area contributed by atoms with E-state index in [1.165, 1.54) is 6.21 Å². The highest BCUT2D eigenvalue weighted by atomic mass is 16.5. The second-order valence-electron chi connectivity index (χ2n) is 3.82. The number of methoxy groups -OCH3 is 1. The quantitative estimate of drug-likeness (QED) is 0.785. The summed E-state index contributed by atoms with van der Waals surface area (Å²) in [6.07, 6.45) is 5.02. The third kappa shape index (κ3) is 2.56. The fraction of sp³-hybridized carbons (Fsp3) is 0.214. The lowest BCUT2D eigenvalue weighted by molar-refractivity contribution is 0.415. The highest BCUT2D eigenvalue weighted by Gasteiger charge is 2.07. The number of hydrogen-bond acceptors (Lipinski definition) is 2. The maximum atomic E-state index is 7.11. The minimum atomic E-state index is 0.750. The molecule has 0 atom stereocenters. The molecule has 1 aromatic heterocycles. The molecule has 17 heavy (non-hydrogen) atoms. The molecule has 0 radical (unpaired) electrons. The van der Waals surface area contributed by atoms with Crippen molar-refractivity contribution in [3.05, 3.63) is 48.3 Å². The molecule has 3 heteroatoms. The van der Waals surface area contributed by atoms with Crippen LogP contribution < -0.4 is 4.74 Å². The first-order valence-electron chi connectivity index (χ1n) is 5.64. The molecular weight excluding hydrogens is 212 g/mol. The zero-order valence-corrected chi connectivity index (χ0v) is 9.89. The summed E-state index contributed by atoms with van der Waals surface area (Å²) in [5, 5.41) is 7.11. The van der Waals surface area contributed by atoms with E-state index in [1.807, 2.05) is 30.5 Å². The van der Waals surface area contributed by atoms with E-state index < -0.39 is 0 Å². The van der Waals surface area contributed by atoms with E-state index in [4.69, 9.17) is 10.1 Å². The normalized spacial score (nSPS) is 10.2. The summed E-state index contributed by atoms with van der Waals surface area (Å²) >= 11 is 0. The minimum absolute atomic E-state index is 0.750. The summed E-state index contributed by atoms with van der Waals surface area (Å²) in [5.41, 5.74) is 2.28. The Hall–Kier alpha value is -2.03. The summed E-state index contributed by atoms with van der Waals surface area (Å²) in [6.45, 7) is 0. The van der Waals surface area contributed by atoms with Gasteiger partial charge in [0.15, 0.2) is 0 Å². The van der Waals surface area contributed by atoms with Crippen LogP contribution in [0.1, 0.15) is 12.1 Å². The van der Waals surface area contributed by atoms with Crippen LogP contribution in [0.25, 0.3) is 5.69 Å². The van der Waals surface area contributed by atoms with Crippen molar-refractivity contribution >= 4 is 6.21 Å². The predicted octanol–water partition coefficient (Wildman–Crippen LogP) is 3.07. The molecule has 2 rings (SSSR count). The Labute approximate surface area is 101 Å². The average molecular weight is 228 g/mol. The first-order chi connectivity index (χ1) is 8.35. The van der Waals surface area contributed by atoms with Crippen LogP contribution in [0.2, 0.25) is 0 Å². The highest BCUT2D eigenvalue weighted by Crippen LogP contribution is 2.21. The summed E-state index contributed by atoms with van der Waals surface area (Å²) in [6, 6.07) is 12.2. The van der Waals surface area contributed by atoms with E-state index in [9.17, 15) is 0 Å². The van der Waals surface area contributed by atoms with Crippen LogP contribution in [0.4, 0.5) is 0 Å². The van der Waals surface area contributed by atoms with Gasteiger partial charge in [-0.3, -0.25) is 0 Å². The molecule has 0 amide bonds. The van der Waals surface area contributed by atoms with Crippen molar-refractivity contribution in [2.24, 2.45) is 0 Å². The lowest BCUT2D eigenvalue weighted by atomic mass is 10.2. The molecule has 88 valence electrons. The Bertz CT molecular complexity index is 488. The number of nitrogens with zero attached hydrogens (tertiary/aromatic N) is 1. The summed E-state index contributed by atoms with van der Waals surface area (Å²) in [5.74, 6) is 0.855. The van der Waals surface area contributed by atoms with E-state index >= 15 is 0 Å². The number of aromatic nitrogens is 1. The molecule has 0 aliphatic heterocycles. The van der Waals surface area contributed by atoms with Crippen molar-refractivity contribution in [3.63, 3.8) is 0 Å². The maximum absolute atomic E-state index is 7.11. The molecule has 0 fully saturated rings. The smallest absolute Gasteiger partial charge is 0.137 e. The average Bonchev–Trinajstić information content (AvgIpc) is 2.80. The van der Waals surface area contributed by atoms with Gasteiger partial charge in [0.25, 0.3) is 0 Å². The number of ether oxygens (including phenoxy) is 1. The second kappa shape index (κ2) is 5.34. The van der Waals surface area contributed by atoms with Crippen LogP contribution in [0.5, 0.6) is 5.75 Å². The summed E-state index contributed by atoms with van der Waals surface area (Å²) in [4.78, 5) is 0. The zero-order valence-electron chi connectivity index (χ0n) is 9.89. The van der Waals surface area contributed by atoms with Gasteiger partial charge >= 0.3 is 0 Å². The van der Waals surface area contributed by atoms with Gasteiger partial charge in [-0.25, -0.2) is 0 Å². The Morgan fingerprint density at radius 1 is 1.29 bits per heavy atom. The van der Waals surface area contributed by atoms with E-state index in [0.29, 0.717) is 0 Å². The first-order valence-corrected chi connectivity index (χ1v) is 5.64. The SMILES string of the molecule is COc1cc(CCC=N)n(-c2ccccc2)c1. The predicted molar refractivity (Wildman–Crippen MR) is 69.4 cm³/mol. The van der Waals surface area contributed by atoms with Gasteiger partial charge in [0.1, 0.15) is 5.75 Å². The van der Waals surface area contributed by atoms with Crippen LogP contribution in [-0.4, -0.2) is 17.9 Å². The Morgan fingerprint density at radius 2 is 2.06 bits per heavy atom. The second-order valence-corrected chi connectivity index (χ2v) is 3.82. The number of rotatable bonds is 5. The van der Waals surface area contributed by atoms with Crippen LogP contribution in [-0.2, 0) is 6.42 Å². The molecular formula is C14H16N2O. The molecule has 0 aliphatic rings. The molecule has 2 aromatic rings. The number of nitrogens with one attached hydrogen (secondary N) is 1. The van der Waals surface area contributed by atoms with Gasteiger partial charge in [-0.15, -0.1) is 0 Å². The monoisotopic (exact) mass is 228 g/mol. The van der Waals surface area contributed by atoms with Gasteiger partial charge in [-0.2, -0.15) is 0 Å². The van der Waals surface area contributed by atoms with Crippen LogP contribution in [0.3, 0.4) is 0 Å². The number of para-hydroxylation sites is 1. The van der Waals surface area contributed by atoms with Crippen LogP contribution in [0.15, 0.2) is 42.6 Å².